The molecule has 88 valence electrons. The van der Waals surface area contributed by atoms with Gasteiger partial charge in [-0.25, -0.2) is 0 Å². The average molecular weight is 213 g/mol. The summed E-state index contributed by atoms with van der Waals surface area (Å²) in [7, 11) is 4.22. The van der Waals surface area contributed by atoms with Crippen LogP contribution in [0.15, 0.2) is 0 Å². The van der Waals surface area contributed by atoms with Crippen LogP contribution in [0.4, 0.5) is 0 Å². The number of rotatable bonds is 4. The van der Waals surface area contributed by atoms with Crippen molar-refractivity contribution in [3.8, 4) is 0 Å². The number of likely N-dealkylation sites (tertiary alicyclic amines) is 1. The van der Waals surface area contributed by atoms with Crippen molar-refractivity contribution in [1.29, 1.82) is 0 Å². The molecule has 1 saturated heterocycles. The number of hydrogen-bond acceptors (Lipinski definition) is 3. The van der Waals surface area contributed by atoms with Gasteiger partial charge in [0.1, 0.15) is 0 Å². The highest BCUT2D eigenvalue weighted by Crippen LogP contribution is 2.19. The smallest absolute Gasteiger partial charge is 0.234 e. The Kier molecular flexibility index (Phi) is 4.54. The van der Waals surface area contributed by atoms with Gasteiger partial charge >= 0.3 is 0 Å². The molecule has 4 heteroatoms. The first kappa shape index (κ1) is 12.5. The third kappa shape index (κ3) is 3.80. The molecule has 1 fully saturated rings. The van der Waals surface area contributed by atoms with Crippen molar-refractivity contribution in [2.24, 2.45) is 11.7 Å². The SMILES string of the molecule is CC(C(N)=O)N1CCC(CN(C)C)CC1. The third-order valence-electron chi connectivity index (χ3n) is 3.23. The molecule has 0 bridgehead atoms. The minimum Gasteiger partial charge on any atom is -0.368 e. The summed E-state index contributed by atoms with van der Waals surface area (Å²) in [5.74, 6) is 0.567. The summed E-state index contributed by atoms with van der Waals surface area (Å²) in [5, 5.41) is 0. The molecule has 0 aromatic rings. The molecule has 0 saturated carbocycles. The number of piperidine rings is 1. The molecule has 4 nitrogen and oxygen atoms in total. The fourth-order valence-corrected chi connectivity index (χ4v) is 2.22. The maximum atomic E-state index is 11.0. The van der Waals surface area contributed by atoms with E-state index in [-0.39, 0.29) is 11.9 Å². The van der Waals surface area contributed by atoms with Crippen molar-refractivity contribution < 1.29 is 4.79 Å². The van der Waals surface area contributed by atoms with E-state index in [1.54, 1.807) is 0 Å². The Bertz CT molecular complexity index is 210. The van der Waals surface area contributed by atoms with Crippen LogP contribution in [0.2, 0.25) is 0 Å². The van der Waals surface area contributed by atoms with Crippen molar-refractivity contribution in [2.75, 3.05) is 33.7 Å². The summed E-state index contributed by atoms with van der Waals surface area (Å²) in [6.07, 6.45) is 2.35. The molecule has 1 atom stereocenters. The average Bonchev–Trinajstić information content (AvgIpc) is 2.17. The van der Waals surface area contributed by atoms with Gasteiger partial charge < -0.3 is 10.6 Å². The highest BCUT2D eigenvalue weighted by molar-refractivity contribution is 5.79. The third-order valence-corrected chi connectivity index (χ3v) is 3.23. The molecule has 1 aliphatic rings. The second-order valence-electron chi connectivity index (χ2n) is 4.82. The molecule has 0 radical (unpaired) electrons. The fraction of sp³-hybridized carbons (Fsp3) is 0.909. The van der Waals surface area contributed by atoms with Crippen LogP contribution >= 0.6 is 0 Å². The predicted molar refractivity (Wildman–Crippen MR) is 61.5 cm³/mol. The summed E-state index contributed by atoms with van der Waals surface area (Å²) >= 11 is 0. The number of primary amides is 1. The van der Waals surface area contributed by atoms with Crippen LogP contribution in [0.25, 0.3) is 0 Å². The zero-order valence-electron chi connectivity index (χ0n) is 10.1. The maximum absolute atomic E-state index is 11.0. The number of carbonyl (C=O) groups is 1. The van der Waals surface area contributed by atoms with Gasteiger partial charge in [0.2, 0.25) is 5.91 Å². The summed E-state index contributed by atoms with van der Waals surface area (Å²) in [6.45, 7) is 5.05. The molecule has 1 rings (SSSR count). The van der Waals surface area contributed by atoms with E-state index in [4.69, 9.17) is 5.73 Å². The van der Waals surface area contributed by atoms with Gasteiger partial charge in [-0.15, -0.1) is 0 Å². The van der Waals surface area contributed by atoms with Gasteiger partial charge in [-0.3, -0.25) is 9.69 Å². The Labute approximate surface area is 92.4 Å². The number of nitrogens with two attached hydrogens (primary N) is 1. The van der Waals surface area contributed by atoms with Crippen LogP contribution in [0.3, 0.4) is 0 Å². The molecule has 1 amide bonds. The predicted octanol–water partition coefficient (Wildman–Crippen LogP) is 0.134. The van der Waals surface area contributed by atoms with E-state index in [2.05, 4.69) is 23.9 Å². The first-order valence-corrected chi connectivity index (χ1v) is 5.68. The normalized spacial score (nSPS) is 21.9. The second kappa shape index (κ2) is 5.47. The van der Waals surface area contributed by atoms with E-state index in [1.165, 1.54) is 12.8 Å². The molecule has 15 heavy (non-hydrogen) atoms. The van der Waals surface area contributed by atoms with Gasteiger partial charge in [0, 0.05) is 6.54 Å². The summed E-state index contributed by atoms with van der Waals surface area (Å²) < 4.78 is 0. The van der Waals surface area contributed by atoms with Crippen LogP contribution in [-0.4, -0.2) is 55.5 Å². The first-order valence-electron chi connectivity index (χ1n) is 5.68. The van der Waals surface area contributed by atoms with E-state index >= 15 is 0 Å². The molecule has 1 aliphatic heterocycles. The van der Waals surface area contributed by atoms with Gasteiger partial charge in [-0.05, 0) is 52.9 Å². The van der Waals surface area contributed by atoms with E-state index in [0.29, 0.717) is 0 Å². The standard InChI is InChI=1S/C11H23N3O/c1-9(11(12)15)14-6-4-10(5-7-14)8-13(2)3/h9-10H,4-8H2,1-3H3,(H2,12,15). The Balaban J connectivity index is 2.32. The zero-order chi connectivity index (χ0) is 11.4. The van der Waals surface area contributed by atoms with Crippen molar-refractivity contribution in [3.05, 3.63) is 0 Å². The minimum atomic E-state index is -0.207. The molecule has 0 aromatic heterocycles. The largest absolute Gasteiger partial charge is 0.368 e. The van der Waals surface area contributed by atoms with Crippen LogP contribution < -0.4 is 5.73 Å². The Morgan fingerprint density at radius 2 is 2.00 bits per heavy atom. The number of carbonyl (C=O) groups excluding carboxylic acids is 1. The van der Waals surface area contributed by atoms with Crippen molar-refractivity contribution >= 4 is 5.91 Å². The van der Waals surface area contributed by atoms with Crippen LogP contribution in [-0.2, 0) is 4.79 Å². The van der Waals surface area contributed by atoms with Crippen molar-refractivity contribution in [2.45, 2.75) is 25.8 Å². The van der Waals surface area contributed by atoms with Crippen molar-refractivity contribution in [3.63, 3.8) is 0 Å². The first-order chi connectivity index (χ1) is 7.00. The molecule has 0 aromatic carbocycles. The van der Waals surface area contributed by atoms with E-state index < -0.39 is 0 Å². The lowest BCUT2D eigenvalue weighted by Gasteiger charge is -2.35. The van der Waals surface area contributed by atoms with Crippen LogP contribution in [0.5, 0.6) is 0 Å². The molecule has 1 heterocycles. The number of amides is 1. The summed E-state index contributed by atoms with van der Waals surface area (Å²) in [6, 6.07) is -0.106. The van der Waals surface area contributed by atoms with Crippen LogP contribution in [0, 0.1) is 5.92 Å². The Hall–Kier alpha value is -0.610. The van der Waals surface area contributed by atoms with Crippen LogP contribution in [0.1, 0.15) is 19.8 Å². The number of hydrogen-bond donors (Lipinski definition) is 1. The lowest BCUT2D eigenvalue weighted by molar-refractivity contribution is -0.123. The monoisotopic (exact) mass is 213 g/mol. The lowest BCUT2D eigenvalue weighted by Crippen LogP contribution is -2.47. The van der Waals surface area contributed by atoms with Gasteiger partial charge in [0.25, 0.3) is 0 Å². The minimum absolute atomic E-state index is 0.106. The van der Waals surface area contributed by atoms with E-state index in [1.807, 2.05) is 6.92 Å². The molecule has 0 spiro atoms. The maximum Gasteiger partial charge on any atom is 0.234 e. The Morgan fingerprint density at radius 1 is 1.47 bits per heavy atom. The highest BCUT2D eigenvalue weighted by atomic mass is 16.1. The Morgan fingerprint density at radius 3 is 2.40 bits per heavy atom. The lowest BCUT2D eigenvalue weighted by atomic mass is 9.95. The zero-order valence-corrected chi connectivity index (χ0v) is 10.1. The molecule has 0 aliphatic carbocycles. The van der Waals surface area contributed by atoms with E-state index in [9.17, 15) is 4.79 Å². The van der Waals surface area contributed by atoms with E-state index in [0.717, 1.165) is 25.6 Å². The molecule has 2 N–H and O–H groups in total. The molecule has 1 unspecified atom stereocenters. The molecular formula is C11H23N3O. The topological polar surface area (TPSA) is 49.6 Å². The van der Waals surface area contributed by atoms with Gasteiger partial charge in [0.05, 0.1) is 6.04 Å². The molecular weight excluding hydrogens is 190 g/mol. The van der Waals surface area contributed by atoms with Gasteiger partial charge in [0.15, 0.2) is 0 Å². The summed E-state index contributed by atoms with van der Waals surface area (Å²) in [4.78, 5) is 15.5. The quantitative estimate of drug-likeness (QED) is 0.722. The summed E-state index contributed by atoms with van der Waals surface area (Å²) in [5.41, 5.74) is 5.29. The highest BCUT2D eigenvalue weighted by Gasteiger charge is 2.25. The van der Waals surface area contributed by atoms with Crippen molar-refractivity contribution in [1.82, 2.24) is 9.80 Å². The van der Waals surface area contributed by atoms with Gasteiger partial charge in [-0.1, -0.05) is 0 Å². The second-order valence-corrected chi connectivity index (χ2v) is 4.82. The fourth-order valence-electron chi connectivity index (χ4n) is 2.22. The van der Waals surface area contributed by atoms with Gasteiger partial charge in [-0.2, -0.15) is 0 Å². The number of nitrogens with zero attached hydrogens (tertiary/aromatic N) is 2.